The zero-order chi connectivity index (χ0) is 26.5. The molecule has 1 heterocycles. The number of methoxy groups -OCH3 is 2. The number of anilines is 2. The molecule has 4 rings (SSSR count). The number of nitrogens with zero attached hydrogens (tertiary/aromatic N) is 2. The van der Waals surface area contributed by atoms with E-state index in [4.69, 9.17) is 21.1 Å². The van der Waals surface area contributed by atoms with Crippen LogP contribution in [0.1, 0.15) is 18.1 Å². The lowest BCUT2D eigenvalue weighted by molar-refractivity contribution is -0.115. The number of amidine groups is 1. The minimum absolute atomic E-state index is 0.203. The maximum atomic E-state index is 13.5. The van der Waals surface area contributed by atoms with Gasteiger partial charge in [-0.2, -0.15) is 0 Å². The summed E-state index contributed by atoms with van der Waals surface area (Å²) in [5.74, 6) is 0.607. The van der Waals surface area contributed by atoms with Crippen LogP contribution in [-0.4, -0.2) is 36.5 Å². The molecule has 0 radical (unpaired) electrons. The van der Waals surface area contributed by atoms with Gasteiger partial charge in [0.15, 0.2) is 5.17 Å². The Labute approximate surface area is 225 Å². The maximum absolute atomic E-state index is 13.5. The minimum Gasteiger partial charge on any atom is -0.497 e. The van der Waals surface area contributed by atoms with Crippen LogP contribution in [0.3, 0.4) is 0 Å². The molecule has 0 bridgehead atoms. The summed E-state index contributed by atoms with van der Waals surface area (Å²) in [5.41, 5.74) is 3.36. The number of amides is 2. The second kappa shape index (κ2) is 11.5. The highest BCUT2D eigenvalue weighted by Crippen LogP contribution is 2.35. The molecule has 1 atom stereocenters. The fraction of sp³-hybridized carbons (Fsp3) is 0.179. The number of aryl methyl sites for hydroxylation is 1. The Hall–Kier alpha value is -3.75. The zero-order valence-electron chi connectivity index (χ0n) is 20.8. The molecule has 0 saturated carbocycles. The Morgan fingerprint density at radius 1 is 1.05 bits per heavy atom. The van der Waals surface area contributed by atoms with Crippen LogP contribution in [0.5, 0.6) is 11.5 Å². The van der Waals surface area contributed by atoms with Crippen molar-refractivity contribution in [1.82, 2.24) is 0 Å². The Balaban J connectivity index is 1.64. The van der Waals surface area contributed by atoms with Crippen molar-refractivity contribution in [3.8, 4) is 11.5 Å². The van der Waals surface area contributed by atoms with E-state index in [9.17, 15) is 9.59 Å². The lowest BCUT2D eigenvalue weighted by Gasteiger charge is -2.21. The standard InChI is InChI=1S/C28H26ClN3O4S/c1-17-5-9-20(10-6-17)30-26(33)18(2)37-28-31-24(15-19-7-12-22(35-3)13-8-19)27(34)32(28)21-11-14-23(29)25(16-21)36-4/h5-16,18H,1-4H3,(H,30,33)/b24-15-. The molecule has 1 aliphatic rings. The molecule has 1 N–H and O–H groups in total. The number of hydrogen-bond donors (Lipinski definition) is 1. The van der Waals surface area contributed by atoms with Crippen molar-refractivity contribution in [2.45, 2.75) is 19.1 Å². The Morgan fingerprint density at radius 3 is 2.41 bits per heavy atom. The predicted molar refractivity (Wildman–Crippen MR) is 151 cm³/mol. The van der Waals surface area contributed by atoms with Gasteiger partial charge in [-0.1, -0.05) is 53.2 Å². The molecule has 1 unspecified atom stereocenters. The van der Waals surface area contributed by atoms with E-state index in [0.29, 0.717) is 33.1 Å². The first kappa shape index (κ1) is 26.3. The van der Waals surface area contributed by atoms with Crippen molar-refractivity contribution in [2.75, 3.05) is 24.4 Å². The number of carbonyl (C=O) groups is 2. The van der Waals surface area contributed by atoms with Crippen LogP contribution in [0, 0.1) is 6.92 Å². The van der Waals surface area contributed by atoms with Crippen molar-refractivity contribution in [3.05, 3.63) is 88.6 Å². The number of benzene rings is 3. The number of aliphatic imine (C=N–C) groups is 1. The summed E-state index contributed by atoms with van der Waals surface area (Å²) in [7, 11) is 3.10. The summed E-state index contributed by atoms with van der Waals surface area (Å²) in [6, 6.07) is 19.9. The van der Waals surface area contributed by atoms with Gasteiger partial charge in [-0.15, -0.1) is 0 Å². The molecule has 0 aliphatic carbocycles. The third kappa shape index (κ3) is 6.15. The van der Waals surface area contributed by atoms with E-state index >= 15 is 0 Å². The first-order valence-corrected chi connectivity index (χ1v) is 12.7. The molecule has 190 valence electrons. The largest absolute Gasteiger partial charge is 0.497 e. The van der Waals surface area contributed by atoms with Crippen molar-refractivity contribution in [3.63, 3.8) is 0 Å². The number of ether oxygens (including phenoxy) is 2. The third-order valence-corrected chi connectivity index (χ3v) is 6.98. The van der Waals surface area contributed by atoms with Crippen molar-refractivity contribution in [2.24, 2.45) is 4.99 Å². The van der Waals surface area contributed by atoms with Gasteiger partial charge in [0.25, 0.3) is 5.91 Å². The van der Waals surface area contributed by atoms with Gasteiger partial charge in [0.1, 0.15) is 17.2 Å². The summed E-state index contributed by atoms with van der Waals surface area (Å²) < 4.78 is 10.6. The normalized spacial score (nSPS) is 14.9. The lowest BCUT2D eigenvalue weighted by atomic mass is 10.2. The molecular weight excluding hydrogens is 510 g/mol. The summed E-state index contributed by atoms with van der Waals surface area (Å²) in [4.78, 5) is 32.5. The highest BCUT2D eigenvalue weighted by molar-refractivity contribution is 8.15. The highest BCUT2D eigenvalue weighted by atomic mass is 35.5. The predicted octanol–water partition coefficient (Wildman–Crippen LogP) is 6.17. The first-order chi connectivity index (χ1) is 17.8. The number of hydrogen-bond acceptors (Lipinski definition) is 6. The first-order valence-electron chi connectivity index (χ1n) is 11.5. The van der Waals surface area contributed by atoms with Crippen LogP contribution in [0.2, 0.25) is 5.02 Å². The van der Waals surface area contributed by atoms with Crippen LogP contribution >= 0.6 is 23.4 Å². The van der Waals surface area contributed by atoms with Gasteiger partial charge in [-0.05, 0) is 61.9 Å². The van der Waals surface area contributed by atoms with E-state index in [0.717, 1.165) is 11.1 Å². The second-order valence-corrected chi connectivity index (χ2v) is 9.99. The molecule has 0 aromatic heterocycles. The minimum atomic E-state index is -0.537. The quantitative estimate of drug-likeness (QED) is 0.366. The van der Waals surface area contributed by atoms with E-state index in [-0.39, 0.29) is 17.5 Å². The van der Waals surface area contributed by atoms with Crippen molar-refractivity contribution >= 4 is 57.8 Å². The van der Waals surface area contributed by atoms with Crippen LogP contribution in [0.15, 0.2) is 77.4 Å². The Bertz CT molecular complexity index is 1370. The third-order valence-electron chi connectivity index (χ3n) is 5.61. The van der Waals surface area contributed by atoms with E-state index < -0.39 is 5.25 Å². The van der Waals surface area contributed by atoms with Crippen LogP contribution in [-0.2, 0) is 9.59 Å². The number of halogens is 1. The summed E-state index contributed by atoms with van der Waals surface area (Å²) >= 11 is 7.40. The van der Waals surface area contributed by atoms with Crippen molar-refractivity contribution in [1.29, 1.82) is 0 Å². The van der Waals surface area contributed by atoms with E-state index in [1.54, 1.807) is 38.3 Å². The average Bonchev–Trinajstić information content (AvgIpc) is 3.20. The number of rotatable bonds is 7. The summed E-state index contributed by atoms with van der Waals surface area (Å²) in [6.45, 7) is 3.75. The van der Waals surface area contributed by atoms with E-state index in [1.807, 2.05) is 55.5 Å². The Morgan fingerprint density at radius 2 is 1.76 bits per heavy atom. The molecule has 3 aromatic rings. The van der Waals surface area contributed by atoms with Gasteiger partial charge in [-0.3, -0.25) is 14.5 Å². The van der Waals surface area contributed by atoms with Crippen LogP contribution in [0.4, 0.5) is 11.4 Å². The number of carbonyl (C=O) groups excluding carboxylic acids is 2. The van der Waals surface area contributed by atoms with Crippen molar-refractivity contribution < 1.29 is 19.1 Å². The van der Waals surface area contributed by atoms with Gasteiger partial charge in [0, 0.05) is 11.8 Å². The fourth-order valence-electron chi connectivity index (χ4n) is 3.54. The molecule has 0 saturated heterocycles. The summed E-state index contributed by atoms with van der Waals surface area (Å²) in [6.07, 6.45) is 1.70. The topological polar surface area (TPSA) is 80.2 Å². The second-order valence-electron chi connectivity index (χ2n) is 8.27. The van der Waals surface area contributed by atoms with Gasteiger partial charge in [0.05, 0.1) is 30.2 Å². The van der Waals surface area contributed by atoms with E-state index in [1.165, 1.54) is 23.8 Å². The highest BCUT2D eigenvalue weighted by Gasteiger charge is 2.34. The van der Waals surface area contributed by atoms with Gasteiger partial charge < -0.3 is 14.8 Å². The van der Waals surface area contributed by atoms with E-state index in [2.05, 4.69) is 10.3 Å². The molecule has 7 nitrogen and oxygen atoms in total. The monoisotopic (exact) mass is 535 g/mol. The lowest BCUT2D eigenvalue weighted by Crippen LogP contribution is -2.33. The fourth-order valence-corrected chi connectivity index (χ4v) is 4.66. The maximum Gasteiger partial charge on any atom is 0.283 e. The molecular formula is C28H26ClN3O4S. The molecule has 1 aliphatic heterocycles. The molecule has 9 heteroatoms. The SMILES string of the molecule is COc1ccc(/C=C2\N=C(SC(C)C(=O)Nc3ccc(C)cc3)N(c3ccc(Cl)c(OC)c3)C2=O)cc1. The molecule has 37 heavy (non-hydrogen) atoms. The van der Waals surface area contributed by atoms with Gasteiger partial charge in [0.2, 0.25) is 5.91 Å². The summed E-state index contributed by atoms with van der Waals surface area (Å²) in [5, 5.41) is 3.17. The molecule has 0 fully saturated rings. The zero-order valence-corrected chi connectivity index (χ0v) is 22.4. The smallest absolute Gasteiger partial charge is 0.283 e. The van der Waals surface area contributed by atoms with Crippen LogP contribution in [0.25, 0.3) is 6.08 Å². The Kier molecular flexibility index (Phi) is 8.21. The number of nitrogens with one attached hydrogen (secondary N) is 1. The average molecular weight is 536 g/mol. The van der Waals surface area contributed by atoms with Crippen LogP contribution < -0.4 is 19.7 Å². The molecule has 0 spiro atoms. The molecule has 2 amide bonds. The van der Waals surface area contributed by atoms with Gasteiger partial charge in [-0.25, -0.2) is 4.99 Å². The molecule has 3 aromatic carbocycles. The number of thioether (sulfide) groups is 1. The van der Waals surface area contributed by atoms with Gasteiger partial charge >= 0.3 is 0 Å².